The zero-order valence-electron chi connectivity index (χ0n) is 15.0. The van der Waals surface area contributed by atoms with Crippen molar-refractivity contribution in [2.24, 2.45) is 5.10 Å². The number of rotatable bonds is 5. The fraction of sp³-hybridized carbons (Fsp3) is 0.0526. The van der Waals surface area contributed by atoms with E-state index in [0.717, 1.165) is 10.8 Å². The van der Waals surface area contributed by atoms with Crippen molar-refractivity contribution in [1.29, 1.82) is 0 Å². The molecule has 0 bridgehead atoms. The Bertz CT molecular complexity index is 1220. The summed E-state index contributed by atoms with van der Waals surface area (Å²) in [5.74, 6) is -0.811. The molecule has 0 aliphatic carbocycles. The standard InChI is InChI=1S/C19H15ClN4O5/c1-29-12-6-4-5-11(9-12)24-18(27)14(16(25)22-19(24)28)10-21-23-17(26)13-7-2-3-8-15(13)20/h2-10,27H,1H3,(H,23,26)(H,22,25,28). The van der Waals surface area contributed by atoms with Gasteiger partial charge in [0.15, 0.2) is 0 Å². The second-order valence-electron chi connectivity index (χ2n) is 5.71. The maximum absolute atomic E-state index is 12.2. The van der Waals surface area contributed by atoms with Gasteiger partial charge >= 0.3 is 5.69 Å². The molecule has 3 rings (SSSR count). The molecule has 0 aliphatic heterocycles. The number of hydrogen-bond donors (Lipinski definition) is 3. The fourth-order valence-electron chi connectivity index (χ4n) is 2.51. The first-order chi connectivity index (χ1) is 13.9. The van der Waals surface area contributed by atoms with E-state index in [1.54, 1.807) is 36.4 Å². The normalized spacial score (nSPS) is 10.8. The lowest BCUT2D eigenvalue weighted by Crippen LogP contribution is -2.31. The molecule has 0 unspecified atom stereocenters. The van der Waals surface area contributed by atoms with Gasteiger partial charge in [-0.1, -0.05) is 29.8 Å². The highest BCUT2D eigenvalue weighted by atomic mass is 35.5. The summed E-state index contributed by atoms with van der Waals surface area (Å²) in [4.78, 5) is 38.5. The number of nitrogens with zero attached hydrogens (tertiary/aromatic N) is 2. The molecule has 10 heteroatoms. The van der Waals surface area contributed by atoms with Crippen molar-refractivity contribution in [1.82, 2.24) is 15.0 Å². The van der Waals surface area contributed by atoms with Crippen LogP contribution in [0, 0.1) is 0 Å². The number of amides is 1. The van der Waals surface area contributed by atoms with E-state index in [-0.39, 0.29) is 21.8 Å². The molecule has 0 fully saturated rings. The van der Waals surface area contributed by atoms with Crippen LogP contribution >= 0.6 is 11.6 Å². The van der Waals surface area contributed by atoms with Gasteiger partial charge in [0.2, 0.25) is 5.88 Å². The van der Waals surface area contributed by atoms with E-state index in [4.69, 9.17) is 16.3 Å². The Kier molecular flexibility index (Phi) is 5.79. The van der Waals surface area contributed by atoms with E-state index in [1.807, 2.05) is 0 Å². The third-order valence-corrected chi connectivity index (χ3v) is 4.24. The molecule has 0 spiro atoms. The minimum atomic E-state index is -0.873. The minimum Gasteiger partial charge on any atom is -0.497 e. The number of hydrogen-bond acceptors (Lipinski definition) is 6. The number of benzene rings is 2. The van der Waals surface area contributed by atoms with Gasteiger partial charge in [0.25, 0.3) is 11.5 Å². The maximum Gasteiger partial charge on any atom is 0.335 e. The van der Waals surface area contributed by atoms with Gasteiger partial charge < -0.3 is 9.84 Å². The van der Waals surface area contributed by atoms with Crippen LogP contribution in [0.2, 0.25) is 5.02 Å². The molecule has 148 valence electrons. The third kappa shape index (κ3) is 4.19. The molecule has 1 aromatic heterocycles. The summed E-state index contributed by atoms with van der Waals surface area (Å²) >= 11 is 5.94. The smallest absolute Gasteiger partial charge is 0.335 e. The summed E-state index contributed by atoms with van der Waals surface area (Å²) < 4.78 is 5.98. The Labute approximate surface area is 168 Å². The summed E-state index contributed by atoms with van der Waals surface area (Å²) in [7, 11) is 1.45. The van der Waals surface area contributed by atoms with Crippen molar-refractivity contribution in [2.45, 2.75) is 0 Å². The predicted molar refractivity (Wildman–Crippen MR) is 107 cm³/mol. The topological polar surface area (TPSA) is 126 Å². The highest BCUT2D eigenvalue weighted by molar-refractivity contribution is 6.33. The summed E-state index contributed by atoms with van der Waals surface area (Å²) in [5.41, 5.74) is 0.609. The van der Waals surface area contributed by atoms with Crippen LogP contribution in [0.15, 0.2) is 63.2 Å². The molecule has 3 N–H and O–H groups in total. The van der Waals surface area contributed by atoms with Gasteiger partial charge in [0.1, 0.15) is 11.3 Å². The number of hydrazone groups is 1. The summed E-state index contributed by atoms with van der Waals surface area (Å²) in [6.07, 6.45) is 0.930. The lowest BCUT2D eigenvalue weighted by molar-refractivity contribution is 0.0955. The van der Waals surface area contributed by atoms with Gasteiger partial charge in [-0.15, -0.1) is 0 Å². The van der Waals surface area contributed by atoms with Crippen LogP contribution in [0.3, 0.4) is 0 Å². The van der Waals surface area contributed by atoms with E-state index >= 15 is 0 Å². The van der Waals surface area contributed by atoms with Crippen LogP contribution < -0.4 is 21.4 Å². The Morgan fingerprint density at radius 1 is 1.24 bits per heavy atom. The molecule has 1 heterocycles. The molecule has 0 atom stereocenters. The van der Waals surface area contributed by atoms with Crippen LogP contribution in [-0.4, -0.2) is 33.9 Å². The van der Waals surface area contributed by atoms with Crippen LogP contribution in [-0.2, 0) is 0 Å². The SMILES string of the molecule is COc1cccc(-n2c(O)c(C=NNC(=O)c3ccccc3Cl)c(=O)[nH]c2=O)c1. The average Bonchev–Trinajstić information content (AvgIpc) is 2.70. The van der Waals surface area contributed by atoms with Gasteiger partial charge in [-0.05, 0) is 24.3 Å². The first-order valence-electron chi connectivity index (χ1n) is 8.23. The van der Waals surface area contributed by atoms with Gasteiger partial charge in [0.05, 0.1) is 29.6 Å². The number of methoxy groups -OCH3 is 1. The van der Waals surface area contributed by atoms with Crippen molar-refractivity contribution in [2.75, 3.05) is 7.11 Å². The van der Waals surface area contributed by atoms with E-state index in [0.29, 0.717) is 5.75 Å². The number of carbonyl (C=O) groups excluding carboxylic acids is 1. The summed E-state index contributed by atoms with van der Waals surface area (Å²) in [5, 5.41) is 14.4. The largest absolute Gasteiger partial charge is 0.497 e. The van der Waals surface area contributed by atoms with Crippen molar-refractivity contribution in [3.05, 3.63) is 85.5 Å². The van der Waals surface area contributed by atoms with Crippen molar-refractivity contribution >= 4 is 23.7 Å². The molecule has 0 saturated carbocycles. The molecular weight excluding hydrogens is 400 g/mol. The maximum atomic E-state index is 12.2. The Morgan fingerprint density at radius 2 is 2.00 bits per heavy atom. The molecule has 9 nitrogen and oxygen atoms in total. The molecule has 0 radical (unpaired) electrons. The van der Waals surface area contributed by atoms with Crippen LogP contribution in [0.25, 0.3) is 5.69 Å². The van der Waals surface area contributed by atoms with E-state index < -0.39 is 23.0 Å². The quantitative estimate of drug-likeness (QED) is 0.432. The number of carbonyl (C=O) groups is 1. The number of aromatic amines is 1. The Hall–Kier alpha value is -3.85. The van der Waals surface area contributed by atoms with Crippen LogP contribution in [0.1, 0.15) is 15.9 Å². The summed E-state index contributed by atoms with van der Waals surface area (Å²) in [6, 6.07) is 12.7. The van der Waals surface area contributed by atoms with Gasteiger partial charge in [-0.2, -0.15) is 5.10 Å². The second kappa shape index (κ2) is 8.44. The van der Waals surface area contributed by atoms with Gasteiger partial charge in [-0.3, -0.25) is 14.6 Å². The van der Waals surface area contributed by atoms with Gasteiger partial charge in [-0.25, -0.2) is 14.8 Å². The zero-order valence-corrected chi connectivity index (χ0v) is 15.8. The van der Waals surface area contributed by atoms with E-state index in [9.17, 15) is 19.5 Å². The molecule has 0 aliphatic rings. The number of aromatic hydroxyl groups is 1. The third-order valence-electron chi connectivity index (χ3n) is 3.91. The van der Waals surface area contributed by atoms with Crippen molar-refractivity contribution in [3.63, 3.8) is 0 Å². The van der Waals surface area contributed by atoms with Crippen LogP contribution in [0.4, 0.5) is 0 Å². The Morgan fingerprint density at radius 3 is 2.72 bits per heavy atom. The van der Waals surface area contributed by atoms with Crippen LogP contribution in [0.5, 0.6) is 11.6 Å². The summed E-state index contributed by atoms with van der Waals surface area (Å²) in [6.45, 7) is 0. The van der Waals surface area contributed by atoms with E-state index in [2.05, 4.69) is 15.5 Å². The fourth-order valence-corrected chi connectivity index (χ4v) is 2.73. The first kappa shape index (κ1) is 19.9. The Balaban J connectivity index is 1.95. The molecule has 1 amide bonds. The second-order valence-corrected chi connectivity index (χ2v) is 6.12. The monoisotopic (exact) mass is 414 g/mol. The molecule has 29 heavy (non-hydrogen) atoms. The number of aromatic nitrogens is 2. The van der Waals surface area contributed by atoms with Crippen molar-refractivity contribution < 1.29 is 14.6 Å². The number of ether oxygens (including phenoxy) is 1. The predicted octanol–water partition coefficient (Wildman–Crippen LogP) is 1.66. The first-order valence-corrected chi connectivity index (χ1v) is 8.61. The lowest BCUT2D eigenvalue weighted by Gasteiger charge is -2.10. The highest BCUT2D eigenvalue weighted by Gasteiger charge is 2.15. The zero-order chi connectivity index (χ0) is 21.0. The van der Waals surface area contributed by atoms with Gasteiger partial charge in [0, 0.05) is 6.07 Å². The number of H-pyrrole nitrogens is 1. The minimum absolute atomic E-state index is 0.186. The molecule has 3 aromatic rings. The van der Waals surface area contributed by atoms with E-state index in [1.165, 1.54) is 19.2 Å². The number of halogens is 1. The molecular formula is C19H15ClN4O5. The average molecular weight is 415 g/mol. The number of nitrogens with one attached hydrogen (secondary N) is 2. The van der Waals surface area contributed by atoms with Crippen molar-refractivity contribution in [3.8, 4) is 17.3 Å². The molecule has 2 aromatic carbocycles. The highest BCUT2D eigenvalue weighted by Crippen LogP contribution is 2.20. The lowest BCUT2D eigenvalue weighted by atomic mass is 10.2. The molecule has 0 saturated heterocycles.